The van der Waals surface area contributed by atoms with Crippen LogP contribution in [0, 0.1) is 5.82 Å². The van der Waals surface area contributed by atoms with Crippen molar-refractivity contribution in [3.05, 3.63) is 53.8 Å². The highest BCUT2D eigenvalue weighted by molar-refractivity contribution is 5.99. The molecule has 5 heteroatoms. The van der Waals surface area contributed by atoms with E-state index in [-0.39, 0.29) is 5.82 Å². The van der Waals surface area contributed by atoms with E-state index in [0.29, 0.717) is 19.0 Å². The van der Waals surface area contributed by atoms with E-state index in [9.17, 15) is 4.39 Å². The maximum absolute atomic E-state index is 12.9. The maximum Gasteiger partial charge on any atom is 0.161 e. The molecule has 0 unspecified atom stereocenters. The van der Waals surface area contributed by atoms with Crippen molar-refractivity contribution in [3.8, 4) is 11.5 Å². The van der Waals surface area contributed by atoms with Crippen LogP contribution in [-0.2, 0) is 0 Å². The molecule has 1 N–H and O–H groups in total. The number of ether oxygens (including phenoxy) is 2. The van der Waals surface area contributed by atoms with Crippen LogP contribution in [0.1, 0.15) is 26.3 Å². The second-order valence-electron chi connectivity index (χ2n) is 4.84. The number of nitrogens with one attached hydrogen (secondary N) is 1. The summed E-state index contributed by atoms with van der Waals surface area (Å²) in [4.78, 5) is 0. The Hall–Kier alpha value is -2.56. The standard InChI is InChI=1S/C18H21FN2O2/c1-4-22-17-11-6-14(12-18(17)23-5-2)13(3)20-21-16-9-7-15(19)8-10-16/h6-12,21H,4-5H2,1-3H3/b20-13-. The third-order valence-corrected chi connectivity index (χ3v) is 3.16. The van der Waals surface area contributed by atoms with Crippen molar-refractivity contribution in [1.82, 2.24) is 0 Å². The number of hydrazone groups is 1. The maximum atomic E-state index is 12.9. The Kier molecular flexibility index (Phi) is 5.97. The van der Waals surface area contributed by atoms with Gasteiger partial charge in [0.25, 0.3) is 0 Å². The Morgan fingerprint density at radius 1 is 1.00 bits per heavy atom. The molecule has 4 nitrogen and oxygen atoms in total. The topological polar surface area (TPSA) is 42.8 Å². The zero-order valence-corrected chi connectivity index (χ0v) is 13.6. The number of halogens is 1. The molecule has 0 aliphatic heterocycles. The molecule has 2 rings (SSSR count). The Morgan fingerprint density at radius 3 is 2.30 bits per heavy atom. The summed E-state index contributed by atoms with van der Waals surface area (Å²) in [6.07, 6.45) is 0. The lowest BCUT2D eigenvalue weighted by Crippen LogP contribution is -2.03. The number of hydrogen-bond acceptors (Lipinski definition) is 4. The predicted molar refractivity (Wildman–Crippen MR) is 91.0 cm³/mol. The highest BCUT2D eigenvalue weighted by Gasteiger charge is 2.08. The minimum atomic E-state index is -0.274. The van der Waals surface area contributed by atoms with Crippen LogP contribution in [0.25, 0.3) is 0 Å². The van der Waals surface area contributed by atoms with Crippen LogP contribution in [-0.4, -0.2) is 18.9 Å². The summed E-state index contributed by atoms with van der Waals surface area (Å²) in [5.74, 6) is 1.14. The molecule has 0 aliphatic carbocycles. The highest BCUT2D eigenvalue weighted by atomic mass is 19.1. The summed E-state index contributed by atoms with van der Waals surface area (Å²) in [7, 11) is 0. The number of anilines is 1. The molecule has 0 fully saturated rings. The van der Waals surface area contributed by atoms with Gasteiger partial charge in [-0.2, -0.15) is 5.10 Å². The molecule has 0 saturated heterocycles. The molecule has 0 amide bonds. The van der Waals surface area contributed by atoms with Gasteiger partial charge in [-0.1, -0.05) is 0 Å². The summed E-state index contributed by atoms with van der Waals surface area (Å²) in [5.41, 5.74) is 5.35. The minimum Gasteiger partial charge on any atom is -0.490 e. The van der Waals surface area contributed by atoms with E-state index in [2.05, 4.69) is 10.5 Å². The van der Waals surface area contributed by atoms with Gasteiger partial charge in [0.1, 0.15) is 5.82 Å². The van der Waals surface area contributed by atoms with E-state index >= 15 is 0 Å². The monoisotopic (exact) mass is 316 g/mol. The van der Waals surface area contributed by atoms with Crippen LogP contribution in [0.3, 0.4) is 0 Å². The molecule has 0 bridgehead atoms. The van der Waals surface area contributed by atoms with Crippen molar-refractivity contribution in [2.24, 2.45) is 5.10 Å². The molecule has 0 spiro atoms. The third kappa shape index (κ3) is 4.71. The second-order valence-corrected chi connectivity index (χ2v) is 4.84. The lowest BCUT2D eigenvalue weighted by Gasteiger charge is -2.12. The number of benzene rings is 2. The van der Waals surface area contributed by atoms with Gasteiger partial charge >= 0.3 is 0 Å². The lowest BCUT2D eigenvalue weighted by atomic mass is 10.1. The fraction of sp³-hybridized carbons (Fsp3) is 0.278. The molecule has 0 aliphatic rings. The quantitative estimate of drug-likeness (QED) is 0.606. The molecule has 0 saturated carbocycles. The first-order chi connectivity index (χ1) is 11.1. The average Bonchev–Trinajstić information content (AvgIpc) is 2.56. The van der Waals surface area contributed by atoms with Gasteiger partial charge < -0.3 is 9.47 Å². The lowest BCUT2D eigenvalue weighted by molar-refractivity contribution is 0.287. The van der Waals surface area contributed by atoms with Gasteiger partial charge in [0, 0.05) is 5.56 Å². The van der Waals surface area contributed by atoms with E-state index < -0.39 is 0 Å². The SMILES string of the molecule is CCOc1ccc(/C(C)=N\Nc2ccc(F)cc2)cc1OCC. The summed E-state index contributed by atoms with van der Waals surface area (Å²) in [6, 6.07) is 11.7. The van der Waals surface area contributed by atoms with E-state index in [0.717, 1.165) is 22.7 Å². The van der Waals surface area contributed by atoms with Crippen LogP contribution < -0.4 is 14.9 Å². The average molecular weight is 316 g/mol. The van der Waals surface area contributed by atoms with Crippen molar-refractivity contribution >= 4 is 11.4 Å². The second kappa shape index (κ2) is 8.17. The smallest absolute Gasteiger partial charge is 0.161 e. The Balaban J connectivity index is 2.17. The van der Waals surface area contributed by atoms with E-state index in [1.165, 1.54) is 12.1 Å². The minimum absolute atomic E-state index is 0.274. The van der Waals surface area contributed by atoms with Gasteiger partial charge in [0.15, 0.2) is 11.5 Å². The van der Waals surface area contributed by atoms with E-state index in [1.54, 1.807) is 12.1 Å². The van der Waals surface area contributed by atoms with Gasteiger partial charge in [-0.3, -0.25) is 5.43 Å². The predicted octanol–water partition coefficient (Wildman–Crippen LogP) is 4.46. The van der Waals surface area contributed by atoms with E-state index in [1.807, 2.05) is 39.0 Å². The molecular weight excluding hydrogens is 295 g/mol. The van der Waals surface area contributed by atoms with E-state index in [4.69, 9.17) is 9.47 Å². The first-order valence-electron chi connectivity index (χ1n) is 7.60. The summed E-state index contributed by atoms with van der Waals surface area (Å²) in [6.45, 7) is 6.90. The zero-order chi connectivity index (χ0) is 16.7. The highest BCUT2D eigenvalue weighted by Crippen LogP contribution is 2.28. The van der Waals surface area contributed by atoms with Crippen molar-refractivity contribution in [3.63, 3.8) is 0 Å². The van der Waals surface area contributed by atoms with Gasteiger partial charge in [-0.25, -0.2) is 4.39 Å². The van der Waals surface area contributed by atoms with Gasteiger partial charge in [0.05, 0.1) is 24.6 Å². The van der Waals surface area contributed by atoms with Crippen LogP contribution in [0.2, 0.25) is 0 Å². The Labute approximate surface area is 135 Å². The summed E-state index contributed by atoms with van der Waals surface area (Å²) >= 11 is 0. The molecule has 2 aromatic rings. The van der Waals surface area contributed by atoms with Crippen molar-refractivity contribution < 1.29 is 13.9 Å². The van der Waals surface area contributed by atoms with Crippen molar-refractivity contribution in [2.75, 3.05) is 18.6 Å². The first kappa shape index (κ1) is 16.8. The molecule has 122 valence electrons. The van der Waals surface area contributed by atoms with Crippen LogP contribution in [0.5, 0.6) is 11.5 Å². The molecule has 23 heavy (non-hydrogen) atoms. The van der Waals surface area contributed by atoms with Crippen LogP contribution in [0.4, 0.5) is 10.1 Å². The number of nitrogens with zero attached hydrogens (tertiary/aromatic N) is 1. The van der Waals surface area contributed by atoms with Gasteiger partial charge in [-0.15, -0.1) is 0 Å². The summed E-state index contributed by atoms with van der Waals surface area (Å²) in [5, 5.41) is 4.32. The zero-order valence-electron chi connectivity index (χ0n) is 13.6. The van der Waals surface area contributed by atoms with Crippen molar-refractivity contribution in [2.45, 2.75) is 20.8 Å². The van der Waals surface area contributed by atoms with Crippen molar-refractivity contribution in [1.29, 1.82) is 0 Å². The van der Waals surface area contributed by atoms with Crippen LogP contribution in [0.15, 0.2) is 47.6 Å². The molecule has 0 heterocycles. The molecule has 0 atom stereocenters. The van der Waals surface area contributed by atoms with Crippen LogP contribution >= 0.6 is 0 Å². The van der Waals surface area contributed by atoms with Gasteiger partial charge in [-0.05, 0) is 63.2 Å². The molecule has 0 radical (unpaired) electrons. The summed E-state index contributed by atoms with van der Waals surface area (Å²) < 4.78 is 24.0. The normalized spacial score (nSPS) is 11.2. The molecule has 0 aromatic heterocycles. The molecular formula is C18H21FN2O2. The largest absolute Gasteiger partial charge is 0.490 e. The fourth-order valence-electron chi connectivity index (χ4n) is 2.01. The Morgan fingerprint density at radius 2 is 1.65 bits per heavy atom. The number of rotatable bonds is 7. The first-order valence-corrected chi connectivity index (χ1v) is 7.60. The molecule has 2 aromatic carbocycles. The number of hydrogen-bond donors (Lipinski definition) is 1. The third-order valence-electron chi connectivity index (χ3n) is 3.16. The fourth-order valence-corrected chi connectivity index (χ4v) is 2.01. The van der Waals surface area contributed by atoms with Gasteiger partial charge in [0.2, 0.25) is 0 Å². The Bertz CT molecular complexity index is 669.